The summed E-state index contributed by atoms with van der Waals surface area (Å²) in [6.07, 6.45) is -0.253. The minimum atomic E-state index is -1.95. The molecule has 3 amide bonds. The van der Waals surface area contributed by atoms with Gasteiger partial charge in [0.1, 0.15) is 17.9 Å². The fraction of sp³-hybridized carbons (Fsp3) is 0.323. The van der Waals surface area contributed by atoms with Crippen molar-refractivity contribution in [3.05, 3.63) is 88.6 Å². The summed E-state index contributed by atoms with van der Waals surface area (Å²) >= 11 is 1.36. The fourth-order valence-corrected chi connectivity index (χ4v) is 5.97. The number of nitrogens with zero attached hydrogens (tertiary/aromatic N) is 1. The number of ether oxygens (including phenoxy) is 1. The third-order valence-electron chi connectivity index (χ3n) is 7.49. The van der Waals surface area contributed by atoms with Crippen molar-refractivity contribution in [3.63, 3.8) is 0 Å². The molecule has 43 heavy (non-hydrogen) atoms. The fourth-order valence-electron chi connectivity index (χ4n) is 5.22. The Balaban J connectivity index is 2.01. The van der Waals surface area contributed by atoms with Crippen molar-refractivity contribution in [2.24, 2.45) is 34.8 Å². The standard InChI is InChI=1S/C31H37N5O6S/c32-27(29(34)40)22(16-21-8-3-1-4-9-21)20-42-24(19-38)18-36(23-10-5-2-6-11-23)31(13-14-37,30(35)41)26(28(33)39)17-25-12-7-15-43-25/h1-12,14-15,19,22,24,26-27H,13,16-18,20,32H2,(H2,33,39)(H2,34,40)(H2,35,41)/t22-,24-,26+,27+,31-/m0/s1. The van der Waals surface area contributed by atoms with E-state index in [0.717, 1.165) is 10.4 Å². The van der Waals surface area contributed by atoms with Crippen LogP contribution in [0.5, 0.6) is 0 Å². The lowest BCUT2D eigenvalue weighted by Gasteiger charge is -2.46. The Morgan fingerprint density at radius 2 is 1.53 bits per heavy atom. The number of hydrogen-bond donors (Lipinski definition) is 4. The molecule has 0 aliphatic heterocycles. The van der Waals surface area contributed by atoms with Gasteiger partial charge in [-0.15, -0.1) is 11.3 Å². The molecule has 0 saturated heterocycles. The van der Waals surface area contributed by atoms with Crippen LogP contribution in [0.4, 0.5) is 5.69 Å². The van der Waals surface area contributed by atoms with Crippen molar-refractivity contribution in [1.29, 1.82) is 0 Å². The number of aldehydes is 2. The molecule has 11 nitrogen and oxygen atoms in total. The molecule has 0 saturated carbocycles. The monoisotopic (exact) mass is 607 g/mol. The summed E-state index contributed by atoms with van der Waals surface area (Å²) in [4.78, 5) is 65.1. The number of thiophene rings is 1. The maximum atomic E-state index is 13.4. The summed E-state index contributed by atoms with van der Waals surface area (Å²) in [6.45, 7) is -0.404. The van der Waals surface area contributed by atoms with Gasteiger partial charge in [-0.1, -0.05) is 54.6 Å². The Morgan fingerprint density at radius 1 is 0.884 bits per heavy atom. The van der Waals surface area contributed by atoms with Crippen molar-refractivity contribution in [2.45, 2.75) is 36.9 Å². The van der Waals surface area contributed by atoms with E-state index in [-0.39, 0.29) is 19.6 Å². The van der Waals surface area contributed by atoms with Crippen LogP contribution in [0.25, 0.3) is 0 Å². The molecular formula is C31H37N5O6S. The molecule has 8 N–H and O–H groups in total. The number of nitrogens with two attached hydrogens (primary N) is 4. The van der Waals surface area contributed by atoms with E-state index in [0.29, 0.717) is 24.7 Å². The second-order valence-corrected chi connectivity index (χ2v) is 11.3. The minimum absolute atomic E-state index is 0.0341. The largest absolute Gasteiger partial charge is 0.369 e. The molecular weight excluding hydrogens is 570 g/mol. The Bertz CT molecular complexity index is 1360. The van der Waals surface area contributed by atoms with Crippen LogP contribution < -0.4 is 27.8 Å². The molecule has 0 bridgehead atoms. The van der Waals surface area contributed by atoms with Crippen LogP contribution in [0.2, 0.25) is 0 Å². The number of benzene rings is 2. The van der Waals surface area contributed by atoms with E-state index in [9.17, 15) is 24.0 Å². The molecule has 12 heteroatoms. The molecule has 1 aromatic heterocycles. The Morgan fingerprint density at radius 3 is 2.05 bits per heavy atom. The third-order valence-corrected chi connectivity index (χ3v) is 8.39. The quantitative estimate of drug-likeness (QED) is 0.144. The molecule has 0 aliphatic carbocycles. The zero-order valence-corrected chi connectivity index (χ0v) is 24.4. The number of carbonyl (C=O) groups excluding carboxylic acids is 5. The number of carbonyl (C=O) groups is 5. The number of rotatable bonds is 19. The highest BCUT2D eigenvalue weighted by atomic mass is 32.1. The number of amides is 3. The molecule has 3 aromatic rings. The predicted octanol–water partition coefficient (Wildman–Crippen LogP) is 0.967. The first-order chi connectivity index (χ1) is 20.6. The molecule has 0 aliphatic rings. The van der Waals surface area contributed by atoms with Crippen LogP contribution >= 0.6 is 11.3 Å². The highest BCUT2D eigenvalue weighted by Gasteiger charge is 2.52. The molecule has 0 spiro atoms. The average Bonchev–Trinajstić information content (AvgIpc) is 3.52. The summed E-state index contributed by atoms with van der Waals surface area (Å²) in [7, 11) is 0. The summed E-state index contributed by atoms with van der Waals surface area (Å²) in [5, 5.41) is 1.81. The average molecular weight is 608 g/mol. The maximum Gasteiger partial charge on any atom is 0.244 e. The number of hydrogen-bond acceptors (Lipinski definition) is 9. The molecule has 0 radical (unpaired) electrons. The molecule has 228 valence electrons. The van der Waals surface area contributed by atoms with E-state index in [1.807, 2.05) is 35.7 Å². The summed E-state index contributed by atoms with van der Waals surface area (Å²) in [5.74, 6) is -4.36. The van der Waals surface area contributed by atoms with Crippen molar-refractivity contribution in [3.8, 4) is 0 Å². The lowest BCUT2D eigenvalue weighted by molar-refractivity contribution is -0.135. The van der Waals surface area contributed by atoms with Crippen LogP contribution in [-0.2, 0) is 41.6 Å². The zero-order valence-electron chi connectivity index (χ0n) is 23.6. The Hall–Kier alpha value is -4.39. The van der Waals surface area contributed by atoms with Crippen molar-refractivity contribution < 1.29 is 28.7 Å². The van der Waals surface area contributed by atoms with Gasteiger partial charge < -0.3 is 42.2 Å². The summed E-state index contributed by atoms with van der Waals surface area (Å²) in [5.41, 5.74) is 22.9. The summed E-state index contributed by atoms with van der Waals surface area (Å²) < 4.78 is 6.00. The van der Waals surface area contributed by atoms with Gasteiger partial charge in [0.05, 0.1) is 25.1 Å². The number of anilines is 1. The second-order valence-electron chi connectivity index (χ2n) is 10.2. The normalized spacial score (nSPS) is 15.3. The van der Waals surface area contributed by atoms with Crippen molar-refractivity contribution in [2.75, 3.05) is 18.1 Å². The van der Waals surface area contributed by atoms with Crippen LogP contribution in [0, 0.1) is 11.8 Å². The number of para-hydroxylation sites is 1. The molecule has 0 fully saturated rings. The van der Waals surface area contributed by atoms with Gasteiger partial charge in [0, 0.05) is 22.9 Å². The van der Waals surface area contributed by atoms with Crippen LogP contribution in [-0.4, -0.2) is 61.1 Å². The minimum Gasteiger partial charge on any atom is -0.369 e. The predicted molar refractivity (Wildman–Crippen MR) is 164 cm³/mol. The molecule has 3 rings (SSSR count). The Kier molecular flexibility index (Phi) is 12.1. The van der Waals surface area contributed by atoms with Crippen LogP contribution in [0.15, 0.2) is 78.2 Å². The van der Waals surface area contributed by atoms with Gasteiger partial charge >= 0.3 is 0 Å². The lowest BCUT2D eigenvalue weighted by Crippen LogP contribution is -2.67. The highest BCUT2D eigenvalue weighted by Crippen LogP contribution is 2.36. The van der Waals surface area contributed by atoms with Gasteiger partial charge in [-0.25, -0.2) is 0 Å². The smallest absolute Gasteiger partial charge is 0.244 e. The molecule has 5 atom stereocenters. The maximum absolute atomic E-state index is 13.4. The second kappa shape index (κ2) is 15.7. The first-order valence-corrected chi connectivity index (χ1v) is 14.6. The molecule has 1 heterocycles. The van der Waals surface area contributed by atoms with Gasteiger partial charge in [0.25, 0.3) is 0 Å². The van der Waals surface area contributed by atoms with Gasteiger partial charge in [0.2, 0.25) is 17.7 Å². The van der Waals surface area contributed by atoms with Gasteiger partial charge in [0.15, 0.2) is 6.29 Å². The van der Waals surface area contributed by atoms with Gasteiger partial charge in [-0.2, -0.15) is 0 Å². The zero-order chi connectivity index (χ0) is 31.4. The van der Waals surface area contributed by atoms with E-state index in [1.165, 1.54) is 16.2 Å². The first-order valence-electron chi connectivity index (χ1n) is 13.7. The summed E-state index contributed by atoms with van der Waals surface area (Å²) in [6, 6.07) is 20.3. The van der Waals surface area contributed by atoms with Gasteiger partial charge in [-0.3, -0.25) is 14.4 Å². The SMILES string of the molecule is NC(=O)[C@@H](Cc1cccs1)[C@@](CC=O)(C(N)=O)N(C[C@@H](C=O)OC[C@H](Cc1ccccc1)[C@@H](N)C(N)=O)c1ccccc1. The first kappa shape index (κ1) is 33.1. The van der Waals surface area contributed by atoms with Crippen LogP contribution in [0.1, 0.15) is 16.9 Å². The third kappa shape index (κ3) is 8.34. The van der Waals surface area contributed by atoms with Crippen LogP contribution in [0.3, 0.4) is 0 Å². The van der Waals surface area contributed by atoms with Crippen molar-refractivity contribution >= 4 is 47.3 Å². The highest BCUT2D eigenvalue weighted by molar-refractivity contribution is 7.09. The topological polar surface area (TPSA) is 202 Å². The van der Waals surface area contributed by atoms with E-state index < -0.39 is 53.7 Å². The Labute approximate surface area is 254 Å². The van der Waals surface area contributed by atoms with Gasteiger partial charge in [-0.05, 0) is 42.0 Å². The number of primary amides is 3. The molecule has 2 aromatic carbocycles. The van der Waals surface area contributed by atoms with E-state index in [1.54, 1.807) is 42.5 Å². The lowest BCUT2D eigenvalue weighted by atomic mass is 9.75. The van der Waals surface area contributed by atoms with E-state index in [4.69, 9.17) is 27.7 Å². The van der Waals surface area contributed by atoms with E-state index in [2.05, 4.69) is 0 Å². The van der Waals surface area contributed by atoms with Crippen molar-refractivity contribution in [1.82, 2.24) is 0 Å². The molecule has 0 unspecified atom stereocenters. The van der Waals surface area contributed by atoms with E-state index >= 15 is 0 Å².